The van der Waals surface area contributed by atoms with Crippen molar-refractivity contribution in [1.29, 1.82) is 0 Å². The van der Waals surface area contributed by atoms with Gasteiger partial charge in [0.2, 0.25) is 6.79 Å². The van der Waals surface area contributed by atoms with Crippen LogP contribution in [0.25, 0.3) is 11.3 Å². The first-order chi connectivity index (χ1) is 15.8. The number of aromatic nitrogens is 2. The minimum atomic E-state index is -0.0881. The van der Waals surface area contributed by atoms with Crippen LogP contribution >= 0.6 is 24.0 Å². The van der Waals surface area contributed by atoms with E-state index in [1.54, 1.807) is 7.11 Å². The molecule has 0 unspecified atom stereocenters. The first-order valence-corrected chi connectivity index (χ1v) is 11.5. The molecule has 0 saturated carbocycles. The van der Waals surface area contributed by atoms with Crippen molar-refractivity contribution >= 4 is 29.8 Å². The molecule has 2 aliphatic heterocycles. The van der Waals surface area contributed by atoms with Crippen LogP contribution < -0.4 is 19.5 Å². The Balaban J connectivity index is 0.00000274. The fraction of sp³-hybridized carbons (Fsp3) is 0.400. The van der Waals surface area contributed by atoms with E-state index in [1.807, 2.05) is 24.3 Å². The van der Waals surface area contributed by atoms with Gasteiger partial charge in [0.1, 0.15) is 23.1 Å². The zero-order valence-corrected chi connectivity index (χ0v) is 21.4. The summed E-state index contributed by atoms with van der Waals surface area (Å²) < 4.78 is 18.6. The third kappa shape index (κ3) is 4.92. The molecule has 7 nitrogen and oxygen atoms in total. The number of fused-ring (bicyclic) bond motifs is 2. The lowest BCUT2D eigenvalue weighted by Gasteiger charge is -2.30. The lowest BCUT2D eigenvalue weighted by atomic mass is 10.1. The predicted octanol–water partition coefficient (Wildman–Crippen LogP) is 5.59. The standard InChI is InChI=1S/C25H29ClN4O3.ClH/c1-25(2,3)28-24-23(16-5-7-18(31-4)8-6-16)27-22-14-29(9-10-30(22)24)13-17-11-20-21(12-19(17)26)33-15-32-20;/h5-8,11-12,28H,9-10,13-15H2,1-4H3;1H. The second-order valence-corrected chi connectivity index (χ2v) is 9.90. The number of methoxy groups -OCH3 is 1. The van der Waals surface area contributed by atoms with Gasteiger partial charge in [0.25, 0.3) is 0 Å². The Hall–Kier alpha value is -2.61. The Morgan fingerprint density at radius 3 is 2.47 bits per heavy atom. The van der Waals surface area contributed by atoms with Crippen LogP contribution in [0.3, 0.4) is 0 Å². The highest BCUT2D eigenvalue weighted by Gasteiger charge is 2.27. The van der Waals surface area contributed by atoms with Gasteiger partial charge in [-0.2, -0.15) is 0 Å². The van der Waals surface area contributed by atoms with Gasteiger partial charge < -0.3 is 24.1 Å². The number of benzene rings is 2. The van der Waals surface area contributed by atoms with Crippen LogP contribution in [0.5, 0.6) is 17.2 Å². The van der Waals surface area contributed by atoms with E-state index in [0.717, 1.165) is 66.1 Å². The Labute approximate surface area is 211 Å². The summed E-state index contributed by atoms with van der Waals surface area (Å²) in [5, 5.41) is 4.38. The molecule has 1 aromatic heterocycles. The van der Waals surface area contributed by atoms with Gasteiger partial charge in [-0.05, 0) is 56.7 Å². The number of nitrogens with one attached hydrogen (secondary N) is 1. The van der Waals surface area contributed by atoms with E-state index in [1.165, 1.54) is 0 Å². The average molecular weight is 505 g/mol. The van der Waals surface area contributed by atoms with E-state index in [0.29, 0.717) is 10.8 Å². The molecule has 182 valence electrons. The van der Waals surface area contributed by atoms with Crippen molar-refractivity contribution in [2.24, 2.45) is 0 Å². The van der Waals surface area contributed by atoms with Gasteiger partial charge in [-0.1, -0.05) is 11.6 Å². The average Bonchev–Trinajstić information content (AvgIpc) is 3.37. The minimum absolute atomic E-state index is 0. The Morgan fingerprint density at radius 1 is 1.09 bits per heavy atom. The summed E-state index contributed by atoms with van der Waals surface area (Å²) in [6, 6.07) is 11.9. The van der Waals surface area contributed by atoms with Gasteiger partial charge in [-0.3, -0.25) is 4.90 Å². The lowest BCUT2D eigenvalue weighted by molar-refractivity contribution is 0.173. The maximum atomic E-state index is 6.53. The van der Waals surface area contributed by atoms with E-state index in [-0.39, 0.29) is 24.7 Å². The van der Waals surface area contributed by atoms with Crippen LogP contribution in [0.15, 0.2) is 36.4 Å². The molecule has 3 aromatic rings. The zero-order valence-electron chi connectivity index (χ0n) is 19.9. The Morgan fingerprint density at radius 2 is 1.79 bits per heavy atom. The van der Waals surface area contributed by atoms with Crippen LogP contribution in [0.4, 0.5) is 5.82 Å². The van der Waals surface area contributed by atoms with Crippen molar-refractivity contribution < 1.29 is 14.2 Å². The molecule has 5 rings (SSSR count). The normalized spacial score (nSPS) is 15.0. The largest absolute Gasteiger partial charge is 0.497 e. The highest BCUT2D eigenvalue weighted by atomic mass is 35.5. The highest BCUT2D eigenvalue weighted by Crippen LogP contribution is 2.38. The molecule has 0 aliphatic carbocycles. The number of ether oxygens (including phenoxy) is 3. The zero-order chi connectivity index (χ0) is 23.2. The molecule has 1 N–H and O–H groups in total. The summed E-state index contributed by atoms with van der Waals surface area (Å²) in [6.07, 6.45) is 0. The van der Waals surface area contributed by atoms with Gasteiger partial charge in [0, 0.05) is 41.8 Å². The lowest BCUT2D eigenvalue weighted by Crippen LogP contribution is -2.35. The molecule has 9 heteroatoms. The molecule has 34 heavy (non-hydrogen) atoms. The third-order valence-electron chi connectivity index (χ3n) is 5.84. The van der Waals surface area contributed by atoms with E-state index >= 15 is 0 Å². The fourth-order valence-electron chi connectivity index (χ4n) is 4.27. The number of nitrogens with zero attached hydrogens (tertiary/aromatic N) is 3. The van der Waals surface area contributed by atoms with E-state index in [4.69, 9.17) is 30.8 Å². The molecule has 0 amide bonds. The van der Waals surface area contributed by atoms with Crippen molar-refractivity contribution in [3.63, 3.8) is 0 Å². The van der Waals surface area contributed by atoms with Crippen LogP contribution in [0.1, 0.15) is 32.2 Å². The SMILES string of the molecule is COc1ccc(-c2nc3n(c2NC(C)(C)C)CCN(Cc2cc4c(cc2Cl)OCO4)C3)cc1.Cl. The predicted molar refractivity (Wildman–Crippen MR) is 137 cm³/mol. The molecular weight excluding hydrogens is 475 g/mol. The summed E-state index contributed by atoms with van der Waals surface area (Å²) in [7, 11) is 1.68. The number of rotatable bonds is 5. The molecule has 0 spiro atoms. The molecule has 0 bridgehead atoms. The quantitative estimate of drug-likeness (QED) is 0.488. The summed E-state index contributed by atoms with van der Waals surface area (Å²) >= 11 is 6.53. The van der Waals surface area contributed by atoms with Crippen molar-refractivity contribution in [1.82, 2.24) is 14.5 Å². The molecule has 0 fully saturated rings. The molecule has 2 aliphatic rings. The van der Waals surface area contributed by atoms with Crippen molar-refractivity contribution in [3.05, 3.63) is 52.8 Å². The molecule has 2 aromatic carbocycles. The highest BCUT2D eigenvalue weighted by molar-refractivity contribution is 6.31. The third-order valence-corrected chi connectivity index (χ3v) is 6.20. The number of hydrogen-bond donors (Lipinski definition) is 1. The van der Waals surface area contributed by atoms with Gasteiger partial charge in [-0.15, -0.1) is 12.4 Å². The Kier molecular flexibility index (Phi) is 6.90. The van der Waals surface area contributed by atoms with Crippen LogP contribution in [-0.4, -0.2) is 40.4 Å². The van der Waals surface area contributed by atoms with Gasteiger partial charge in [0.15, 0.2) is 11.5 Å². The van der Waals surface area contributed by atoms with E-state index in [9.17, 15) is 0 Å². The summed E-state index contributed by atoms with van der Waals surface area (Å²) in [5.74, 6) is 4.39. The summed E-state index contributed by atoms with van der Waals surface area (Å²) in [4.78, 5) is 7.44. The first-order valence-electron chi connectivity index (χ1n) is 11.1. The van der Waals surface area contributed by atoms with Crippen LogP contribution in [-0.2, 0) is 19.6 Å². The van der Waals surface area contributed by atoms with Crippen molar-refractivity contribution in [3.8, 4) is 28.5 Å². The number of imidazole rings is 1. The maximum absolute atomic E-state index is 6.53. The summed E-state index contributed by atoms with van der Waals surface area (Å²) in [5.41, 5.74) is 2.97. The molecule has 0 saturated heterocycles. The maximum Gasteiger partial charge on any atom is 0.231 e. The van der Waals surface area contributed by atoms with Gasteiger partial charge >= 0.3 is 0 Å². The van der Waals surface area contributed by atoms with Gasteiger partial charge in [0.05, 0.1) is 13.7 Å². The monoisotopic (exact) mass is 504 g/mol. The van der Waals surface area contributed by atoms with Crippen LogP contribution in [0, 0.1) is 0 Å². The smallest absolute Gasteiger partial charge is 0.231 e. The van der Waals surface area contributed by atoms with Gasteiger partial charge in [-0.25, -0.2) is 4.98 Å². The Bertz CT molecular complexity index is 1170. The second-order valence-electron chi connectivity index (χ2n) is 9.49. The molecular formula is C25H30Cl2N4O3. The second kappa shape index (κ2) is 9.56. The minimum Gasteiger partial charge on any atom is -0.497 e. The van der Waals surface area contributed by atoms with Crippen LogP contribution in [0.2, 0.25) is 5.02 Å². The van der Waals surface area contributed by atoms with Crippen molar-refractivity contribution in [2.75, 3.05) is 25.8 Å². The first kappa shape index (κ1) is 24.5. The number of hydrogen-bond acceptors (Lipinski definition) is 6. The fourth-order valence-corrected chi connectivity index (χ4v) is 4.48. The molecule has 0 radical (unpaired) electrons. The number of anilines is 1. The molecule has 3 heterocycles. The molecule has 0 atom stereocenters. The summed E-state index contributed by atoms with van der Waals surface area (Å²) in [6.45, 7) is 9.95. The number of halogens is 2. The topological polar surface area (TPSA) is 60.8 Å². The van der Waals surface area contributed by atoms with Crippen molar-refractivity contribution in [2.45, 2.75) is 45.9 Å². The van der Waals surface area contributed by atoms with E-state index < -0.39 is 0 Å². The van der Waals surface area contributed by atoms with E-state index in [2.05, 4.69) is 47.7 Å².